The van der Waals surface area contributed by atoms with Crippen LogP contribution in [0, 0.1) is 12.7 Å². The molecular formula is C21H22FN7O2S. The number of urea groups is 1. The number of aryl methyl sites for hydroxylation is 1. The first-order valence-electron chi connectivity index (χ1n) is 9.94. The molecule has 166 valence electrons. The first kappa shape index (κ1) is 21.6. The van der Waals surface area contributed by atoms with Crippen LogP contribution >= 0.6 is 11.3 Å². The van der Waals surface area contributed by atoms with Crippen molar-refractivity contribution in [1.29, 1.82) is 0 Å². The quantitative estimate of drug-likeness (QED) is 0.467. The van der Waals surface area contributed by atoms with E-state index in [1.54, 1.807) is 20.0 Å². The standard InChI is InChI=1S/C21H22FN7O2S/c1-12-6-4-5-7-14(12)26-19-25-11-15(32-19)16-13(22)10-24-18(27-16)23-8-9-29-20(31)28-17(30)21(29,2)3/h4-7,10-11H,8-9H2,1-3H3,(H,25,26)(H,23,24,27)(H,28,30,31). The number of hydrogen-bond donors (Lipinski definition) is 3. The van der Waals surface area contributed by atoms with E-state index in [2.05, 4.69) is 30.9 Å². The van der Waals surface area contributed by atoms with Gasteiger partial charge < -0.3 is 15.5 Å². The van der Waals surface area contributed by atoms with E-state index in [1.807, 2.05) is 31.2 Å². The summed E-state index contributed by atoms with van der Waals surface area (Å²) < 4.78 is 14.4. The minimum Gasteiger partial charge on any atom is -0.352 e. The molecule has 0 radical (unpaired) electrons. The van der Waals surface area contributed by atoms with Crippen LogP contribution in [0.1, 0.15) is 19.4 Å². The molecule has 0 aliphatic carbocycles. The van der Waals surface area contributed by atoms with Gasteiger partial charge in [-0.25, -0.2) is 24.1 Å². The molecule has 3 aromatic rings. The Kier molecular flexibility index (Phi) is 5.74. The van der Waals surface area contributed by atoms with Crippen molar-refractivity contribution in [2.45, 2.75) is 26.3 Å². The van der Waals surface area contributed by atoms with Crippen molar-refractivity contribution in [3.63, 3.8) is 0 Å². The van der Waals surface area contributed by atoms with Crippen molar-refractivity contribution in [3.05, 3.63) is 48.0 Å². The van der Waals surface area contributed by atoms with Crippen molar-refractivity contribution in [3.8, 4) is 10.6 Å². The van der Waals surface area contributed by atoms with Gasteiger partial charge in [-0.3, -0.25) is 10.1 Å². The zero-order valence-electron chi connectivity index (χ0n) is 17.8. The lowest BCUT2D eigenvalue weighted by atomic mass is 10.0. The van der Waals surface area contributed by atoms with Crippen LogP contribution in [0.5, 0.6) is 0 Å². The van der Waals surface area contributed by atoms with E-state index in [1.165, 1.54) is 16.2 Å². The maximum absolute atomic E-state index is 14.4. The van der Waals surface area contributed by atoms with Gasteiger partial charge >= 0.3 is 6.03 Å². The van der Waals surface area contributed by atoms with Crippen molar-refractivity contribution in [2.24, 2.45) is 0 Å². The highest BCUT2D eigenvalue weighted by Crippen LogP contribution is 2.32. The molecule has 0 atom stereocenters. The maximum atomic E-state index is 14.4. The number of amides is 3. The van der Waals surface area contributed by atoms with Crippen molar-refractivity contribution in [2.75, 3.05) is 23.7 Å². The average Bonchev–Trinajstić information content (AvgIpc) is 3.28. The van der Waals surface area contributed by atoms with Gasteiger partial charge in [0.05, 0.1) is 11.1 Å². The number of rotatable bonds is 7. The van der Waals surface area contributed by atoms with Gasteiger partial charge in [0, 0.05) is 25.0 Å². The van der Waals surface area contributed by atoms with Crippen LogP contribution in [-0.2, 0) is 4.79 Å². The maximum Gasteiger partial charge on any atom is 0.325 e. The highest BCUT2D eigenvalue weighted by atomic mass is 32.1. The topological polar surface area (TPSA) is 112 Å². The van der Waals surface area contributed by atoms with E-state index >= 15 is 0 Å². The van der Waals surface area contributed by atoms with Crippen LogP contribution in [0.25, 0.3) is 10.6 Å². The Hall–Kier alpha value is -3.60. The van der Waals surface area contributed by atoms with Gasteiger partial charge in [-0.1, -0.05) is 29.5 Å². The van der Waals surface area contributed by atoms with Crippen molar-refractivity contribution >= 4 is 40.0 Å². The molecule has 32 heavy (non-hydrogen) atoms. The molecule has 0 saturated carbocycles. The van der Waals surface area contributed by atoms with Gasteiger partial charge in [0.1, 0.15) is 11.2 Å². The van der Waals surface area contributed by atoms with Crippen LogP contribution in [0.4, 0.5) is 26.0 Å². The molecular weight excluding hydrogens is 433 g/mol. The fraction of sp³-hybridized carbons (Fsp3) is 0.286. The second-order valence-electron chi connectivity index (χ2n) is 7.76. The monoisotopic (exact) mass is 455 g/mol. The minimum atomic E-state index is -0.934. The third-order valence-corrected chi connectivity index (χ3v) is 6.10. The Bertz CT molecular complexity index is 1180. The van der Waals surface area contributed by atoms with Crippen LogP contribution in [0.2, 0.25) is 0 Å². The number of thiazole rings is 1. The first-order valence-corrected chi connectivity index (χ1v) is 10.8. The molecule has 9 nitrogen and oxygen atoms in total. The van der Waals surface area contributed by atoms with Gasteiger partial charge in [0.2, 0.25) is 5.95 Å². The van der Waals surface area contributed by atoms with Gasteiger partial charge in [-0.15, -0.1) is 0 Å². The molecule has 0 unspecified atom stereocenters. The normalized spacial score (nSPS) is 15.1. The number of hydrogen-bond acceptors (Lipinski definition) is 8. The smallest absolute Gasteiger partial charge is 0.325 e. The predicted octanol–water partition coefficient (Wildman–Crippen LogP) is 3.53. The minimum absolute atomic E-state index is 0.132. The lowest BCUT2D eigenvalue weighted by molar-refractivity contribution is -0.125. The van der Waals surface area contributed by atoms with Crippen LogP contribution in [0.3, 0.4) is 0 Å². The number of aromatic nitrogens is 3. The molecule has 3 N–H and O–H groups in total. The summed E-state index contributed by atoms with van der Waals surface area (Å²) in [6.07, 6.45) is 2.65. The Morgan fingerprint density at radius 3 is 2.69 bits per heavy atom. The average molecular weight is 456 g/mol. The summed E-state index contributed by atoms with van der Waals surface area (Å²) in [5.74, 6) is -0.692. The molecule has 1 aliphatic heterocycles. The van der Waals surface area contributed by atoms with E-state index in [9.17, 15) is 14.0 Å². The lowest BCUT2D eigenvalue weighted by Crippen LogP contribution is -2.46. The fourth-order valence-electron chi connectivity index (χ4n) is 3.25. The van der Waals surface area contributed by atoms with Gasteiger partial charge in [0.25, 0.3) is 5.91 Å². The summed E-state index contributed by atoms with van der Waals surface area (Å²) in [6, 6.07) is 7.37. The third kappa shape index (κ3) is 4.24. The number of imide groups is 1. The first-order chi connectivity index (χ1) is 15.3. The third-order valence-electron chi connectivity index (χ3n) is 5.18. The summed E-state index contributed by atoms with van der Waals surface area (Å²) in [4.78, 5) is 38.4. The number of nitrogens with one attached hydrogen (secondary N) is 3. The van der Waals surface area contributed by atoms with E-state index in [4.69, 9.17) is 0 Å². The molecule has 1 aliphatic rings. The SMILES string of the molecule is Cc1ccccc1Nc1ncc(-c2nc(NCCN3C(=O)NC(=O)C3(C)C)ncc2F)s1. The summed E-state index contributed by atoms with van der Waals surface area (Å²) in [6.45, 7) is 5.88. The fourth-order valence-corrected chi connectivity index (χ4v) is 4.07. The molecule has 4 rings (SSSR count). The number of benzene rings is 1. The molecule has 1 fully saturated rings. The van der Waals surface area contributed by atoms with Gasteiger partial charge in [-0.2, -0.15) is 0 Å². The van der Waals surface area contributed by atoms with Crippen LogP contribution in [-0.4, -0.2) is 50.4 Å². The molecule has 1 aromatic carbocycles. The highest BCUT2D eigenvalue weighted by molar-refractivity contribution is 7.18. The zero-order valence-corrected chi connectivity index (χ0v) is 18.6. The van der Waals surface area contributed by atoms with Crippen molar-refractivity contribution in [1.82, 2.24) is 25.2 Å². The Labute approximate surface area is 188 Å². The Morgan fingerprint density at radius 1 is 1.19 bits per heavy atom. The predicted molar refractivity (Wildman–Crippen MR) is 120 cm³/mol. The highest BCUT2D eigenvalue weighted by Gasteiger charge is 2.45. The Morgan fingerprint density at radius 2 is 1.97 bits per heavy atom. The van der Waals surface area contributed by atoms with Crippen molar-refractivity contribution < 1.29 is 14.0 Å². The van der Waals surface area contributed by atoms with Gasteiger partial charge in [-0.05, 0) is 32.4 Å². The number of carbonyl (C=O) groups excluding carboxylic acids is 2. The summed E-state index contributed by atoms with van der Waals surface area (Å²) in [7, 11) is 0. The molecule has 0 spiro atoms. The van der Waals surface area contributed by atoms with E-state index in [0.717, 1.165) is 17.4 Å². The number of halogens is 1. The molecule has 2 aromatic heterocycles. The van der Waals surface area contributed by atoms with Crippen LogP contribution in [0.15, 0.2) is 36.7 Å². The van der Waals surface area contributed by atoms with Gasteiger partial charge in [0.15, 0.2) is 10.9 Å². The molecule has 1 saturated heterocycles. The lowest BCUT2D eigenvalue weighted by Gasteiger charge is -2.27. The number of carbonyl (C=O) groups is 2. The van der Waals surface area contributed by atoms with E-state index in [-0.39, 0.29) is 30.6 Å². The second-order valence-corrected chi connectivity index (χ2v) is 8.79. The van der Waals surface area contributed by atoms with E-state index < -0.39 is 17.4 Å². The molecule has 11 heteroatoms. The number of anilines is 3. The molecule has 3 amide bonds. The summed E-state index contributed by atoms with van der Waals surface area (Å²) in [5.41, 5.74) is 1.19. The summed E-state index contributed by atoms with van der Waals surface area (Å²) >= 11 is 1.28. The second kappa shape index (κ2) is 8.50. The van der Waals surface area contributed by atoms with E-state index in [0.29, 0.717) is 10.0 Å². The molecule has 0 bridgehead atoms. The van der Waals surface area contributed by atoms with Crippen LogP contribution < -0.4 is 16.0 Å². The Balaban J connectivity index is 1.44. The largest absolute Gasteiger partial charge is 0.352 e. The number of para-hydroxylation sites is 1. The zero-order chi connectivity index (χ0) is 22.9. The summed E-state index contributed by atoms with van der Waals surface area (Å²) in [5, 5.41) is 9.13. The number of nitrogens with zero attached hydrogens (tertiary/aromatic N) is 4. The molecule has 3 heterocycles.